The molecule has 0 fully saturated rings. The third-order valence-electron chi connectivity index (χ3n) is 13.7. The van der Waals surface area contributed by atoms with Crippen LogP contribution in [0.4, 0.5) is 0 Å². The summed E-state index contributed by atoms with van der Waals surface area (Å²) in [6, 6.07) is 53.1. The first-order chi connectivity index (χ1) is 41.6. The zero-order valence-corrected chi connectivity index (χ0v) is 61.0. The second-order valence-electron chi connectivity index (χ2n) is 22.1. The molecule has 8 aromatic rings. The number of benzene rings is 8. The molecular weight excluding hydrogens is 1500 g/mol. The number of fused-ring (bicyclic) bond motifs is 2. The summed E-state index contributed by atoms with van der Waals surface area (Å²) in [6.45, 7) is 21.2. The van der Waals surface area contributed by atoms with Crippen LogP contribution in [0.3, 0.4) is 0 Å². The van der Waals surface area contributed by atoms with E-state index in [0.717, 1.165) is 40.0 Å². The summed E-state index contributed by atoms with van der Waals surface area (Å²) in [5.41, 5.74) is 8.67. The summed E-state index contributed by atoms with van der Waals surface area (Å²) in [5.74, 6) is 11.9. The average Bonchev–Trinajstić information content (AvgIpc) is 1.04. The second kappa shape index (κ2) is 38.0. The highest BCUT2D eigenvalue weighted by atomic mass is 127. The van der Waals surface area contributed by atoms with Crippen LogP contribution in [0.1, 0.15) is 106 Å². The molecule has 4 atom stereocenters. The summed E-state index contributed by atoms with van der Waals surface area (Å²) >= 11 is 4.23. The fourth-order valence-electron chi connectivity index (χ4n) is 7.07. The molecule has 1 unspecified atom stereocenters. The Morgan fingerprint density at radius 2 is 0.692 bits per heavy atom. The third kappa shape index (κ3) is 28.0. The van der Waals surface area contributed by atoms with Gasteiger partial charge in [0.15, 0.2) is 0 Å². The van der Waals surface area contributed by atoms with Gasteiger partial charge in [0, 0.05) is 58.2 Å². The van der Waals surface area contributed by atoms with E-state index < -0.39 is 51.1 Å². The molecule has 0 saturated carbocycles. The van der Waals surface area contributed by atoms with Gasteiger partial charge in [-0.15, -0.1) is 12.4 Å². The first-order valence-corrected chi connectivity index (χ1v) is 37.2. The highest BCUT2D eigenvalue weighted by molar-refractivity contribution is 14.1. The van der Waals surface area contributed by atoms with Crippen molar-refractivity contribution in [3.05, 3.63) is 211 Å². The number of nitrogens with one attached hydrogen (secondary N) is 3. The first kappa shape index (κ1) is 81.6. The van der Waals surface area contributed by atoms with E-state index in [1.54, 1.807) is 86.6 Å². The molecule has 0 spiro atoms. The lowest BCUT2D eigenvalue weighted by atomic mass is 10.1. The summed E-state index contributed by atoms with van der Waals surface area (Å²) in [7, 11) is -9.29. The zero-order valence-electron chi connectivity index (χ0n) is 51.8. The number of rotatable bonds is 15. The number of carboxylic acid groups (broad SMARTS) is 1. The van der Waals surface area contributed by atoms with Crippen molar-refractivity contribution in [2.45, 2.75) is 127 Å². The number of sulfonamides is 3. The number of carbonyl (C=O) groups is 1. The van der Waals surface area contributed by atoms with Gasteiger partial charge in [-0.2, -0.15) is 4.72 Å². The Labute approximate surface area is 579 Å². The van der Waals surface area contributed by atoms with Gasteiger partial charge in [0.05, 0.1) is 19.6 Å². The van der Waals surface area contributed by atoms with Crippen LogP contribution in [-0.2, 0) is 43.9 Å². The van der Waals surface area contributed by atoms with Crippen molar-refractivity contribution < 1.29 is 43.6 Å². The van der Waals surface area contributed by atoms with E-state index >= 15 is 0 Å². The lowest BCUT2D eigenvalue weighted by molar-refractivity contribution is -0.140. The van der Waals surface area contributed by atoms with Gasteiger partial charge in [-0.05, 0) is 232 Å². The van der Waals surface area contributed by atoms with E-state index in [-0.39, 0.29) is 64.4 Å². The van der Waals surface area contributed by atoms with Crippen LogP contribution in [0, 0.1) is 54.5 Å². The highest BCUT2D eigenvalue weighted by Crippen LogP contribution is 2.20. The van der Waals surface area contributed by atoms with Gasteiger partial charge in [0.1, 0.15) is 6.04 Å². The summed E-state index contributed by atoms with van der Waals surface area (Å²) in [6.07, 6.45) is 0. The van der Waals surface area contributed by atoms with Crippen LogP contribution >= 0.6 is 68.3 Å². The molecule has 490 valence electrons. The molecular formula is C69H82Cl2I2N4O10S4. The molecule has 0 aliphatic rings. The van der Waals surface area contributed by atoms with E-state index in [1.807, 2.05) is 109 Å². The van der Waals surface area contributed by atoms with Crippen molar-refractivity contribution in [1.82, 2.24) is 14.2 Å². The molecule has 91 heavy (non-hydrogen) atoms. The van der Waals surface area contributed by atoms with Gasteiger partial charge in [-0.25, -0.2) is 43.1 Å². The Hall–Kier alpha value is -5.45. The molecule has 22 heteroatoms. The third-order valence-corrected chi connectivity index (χ3v) is 21.1. The maximum absolute atomic E-state index is 12.5. The number of hydrogen-bond acceptors (Lipinski definition) is 10. The van der Waals surface area contributed by atoms with Gasteiger partial charge in [0.2, 0.25) is 30.1 Å². The van der Waals surface area contributed by atoms with Gasteiger partial charge in [-0.1, -0.05) is 147 Å². The second-order valence-corrected chi connectivity index (χ2v) is 32.3. The first-order valence-electron chi connectivity index (χ1n) is 28.3. The van der Waals surface area contributed by atoms with E-state index in [9.17, 15) is 43.6 Å². The molecule has 8 rings (SSSR count). The quantitative estimate of drug-likeness (QED) is 0.0368. The van der Waals surface area contributed by atoms with E-state index in [0.29, 0.717) is 22.4 Å². The maximum atomic E-state index is 12.5. The number of hydrogen-bond donors (Lipinski definition) is 5. The lowest BCUT2D eigenvalue weighted by Crippen LogP contribution is -2.44. The Morgan fingerprint density at radius 3 is 0.978 bits per heavy atom. The van der Waals surface area contributed by atoms with E-state index in [4.69, 9.17) is 16.4 Å². The number of carboxylic acids is 1. The fourth-order valence-corrected chi connectivity index (χ4v) is 12.7. The molecule has 0 aliphatic carbocycles. The number of nitrogens with two attached hydrogens (primary N) is 1. The normalized spacial score (nSPS) is 12.6. The van der Waals surface area contributed by atoms with Crippen molar-refractivity contribution >= 4 is 135 Å². The Morgan fingerprint density at radius 1 is 0.418 bits per heavy atom. The molecule has 0 bridgehead atoms. The SMILES string of the molecule is C.CC(C)C(C)N.CC(C)[C@@H](C)NS(=O)(=O)c1ccc(C#Cc2ccc3ccccc3c2)cc1.CC(C)[C@@H](C)NS(=O)(=O)c1ccc(I)cc1.CC(C)[C@H](NS(=O)(=O)c1ccc(C#Cc2ccc3ccccc3c2)cc1)C(=O)O.Cl.O=S(=O)(Cl)c1ccc(I)cc1. The minimum Gasteiger partial charge on any atom is -0.480 e. The van der Waals surface area contributed by atoms with Gasteiger partial charge >= 0.3 is 5.97 Å². The molecule has 14 nitrogen and oxygen atoms in total. The van der Waals surface area contributed by atoms with Crippen LogP contribution in [0.2, 0.25) is 0 Å². The smallest absolute Gasteiger partial charge is 0.322 e. The van der Waals surface area contributed by atoms with Crippen molar-refractivity contribution in [3.63, 3.8) is 0 Å². The van der Waals surface area contributed by atoms with Crippen LogP contribution in [0.25, 0.3) is 21.5 Å². The molecule has 6 N–H and O–H groups in total. The van der Waals surface area contributed by atoms with Crippen LogP contribution in [0.5, 0.6) is 0 Å². The van der Waals surface area contributed by atoms with Crippen molar-refractivity contribution in [3.8, 4) is 23.7 Å². The van der Waals surface area contributed by atoms with Crippen LogP contribution < -0.4 is 19.9 Å². The predicted octanol–water partition coefficient (Wildman–Crippen LogP) is 15.1. The van der Waals surface area contributed by atoms with E-state index in [2.05, 4.69) is 121 Å². The standard InChI is InChI=1S/C23H21NO4S.C23H23NO2S.C11H16INO2S.C6H4ClIO2S.C5H13N.CH4.ClH/c1-16(2)22(23(25)26)24-29(27,28)21-13-10-17(11-14-21)7-8-18-9-12-19-5-3-4-6-20(19)15-18;1-17(2)18(3)24-27(25,26)23-14-11-19(12-15-23)8-9-20-10-13-21-6-4-5-7-22(21)16-20;1-8(2)9(3)13-16(14,15)11-6-4-10(12)5-7-11;7-11(9,10)6-3-1-5(8)2-4-6;1-4(2)5(3)6;;/h3-6,9-16,22,24H,1-2H3,(H,25,26);4-7,10-18,24H,1-3H3;4-9,13H,1-3H3;1-4H;4-5H,6H2,1-3H3;1H4;1H/t22-;18-;9-;;;;/m011..../s1. The van der Waals surface area contributed by atoms with Gasteiger partial charge < -0.3 is 10.8 Å². The highest BCUT2D eigenvalue weighted by Gasteiger charge is 2.28. The number of aliphatic carboxylic acids is 1. The minimum atomic E-state index is -3.94. The largest absolute Gasteiger partial charge is 0.480 e. The number of halogens is 4. The minimum absolute atomic E-state index is 0. The molecule has 0 heterocycles. The van der Waals surface area contributed by atoms with Crippen LogP contribution in [0.15, 0.2) is 202 Å². The average molecular weight is 1580 g/mol. The van der Waals surface area contributed by atoms with Crippen molar-refractivity contribution in [1.29, 1.82) is 0 Å². The van der Waals surface area contributed by atoms with E-state index in [1.165, 1.54) is 29.7 Å². The van der Waals surface area contributed by atoms with Gasteiger partial charge in [0.25, 0.3) is 9.05 Å². The topological polar surface area (TPSA) is 236 Å². The zero-order chi connectivity index (χ0) is 66.4. The molecule has 0 saturated heterocycles. The van der Waals surface area contributed by atoms with Gasteiger partial charge in [-0.3, -0.25) is 4.79 Å². The van der Waals surface area contributed by atoms with Crippen LogP contribution in [-0.4, -0.2) is 68.9 Å². The Balaban J connectivity index is 0.000000418. The summed E-state index contributed by atoms with van der Waals surface area (Å²) in [4.78, 5) is 12.0. The lowest BCUT2D eigenvalue weighted by Gasteiger charge is -2.17. The molecule has 0 amide bonds. The monoisotopic (exact) mass is 1580 g/mol. The Kier molecular flexibility index (Phi) is 34.1. The van der Waals surface area contributed by atoms with Crippen molar-refractivity contribution in [2.75, 3.05) is 0 Å². The molecule has 0 radical (unpaired) electrons. The Bertz CT molecular complexity index is 4230. The summed E-state index contributed by atoms with van der Waals surface area (Å²) < 4.78 is 105. The maximum Gasteiger partial charge on any atom is 0.322 e. The molecule has 0 aromatic heterocycles. The predicted molar refractivity (Wildman–Crippen MR) is 392 cm³/mol. The summed E-state index contributed by atoms with van der Waals surface area (Å²) in [5, 5.41) is 13.8. The van der Waals surface area contributed by atoms with Crippen molar-refractivity contribution in [2.24, 2.45) is 29.4 Å². The fraction of sp³-hybridized carbons (Fsp3) is 0.290. The molecule has 0 aliphatic heterocycles. The molecule has 8 aromatic carbocycles.